The van der Waals surface area contributed by atoms with E-state index in [1.165, 1.54) is 20.8 Å². The molecule has 0 aliphatic carbocycles. The summed E-state index contributed by atoms with van der Waals surface area (Å²) in [4.78, 5) is 26.4. The number of aromatic nitrogens is 2. The molecular formula is C20H32N4O2. The van der Waals surface area contributed by atoms with E-state index < -0.39 is 0 Å². The van der Waals surface area contributed by atoms with E-state index in [2.05, 4.69) is 29.2 Å². The van der Waals surface area contributed by atoms with Gasteiger partial charge in [0.2, 0.25) is 0 Å². The molecule has 6 heteroatoms. The van der Waals surface area contributed by atoms with Crippen molar-refractivity contribution in [3.05, 3.63) is 62.3 Å². The molecule has 0 saturated heterocycles. The summed E-state index contributed by atoms with van der Waals surface area (Å²) in [6.45, 7) is 7.70. The minimum Gasteiger partial charge on any atom is -0.385 e. The van der Waals surface area contributed by atoms with Crippen LogP contribution in [0.5, 0.6) is 0 Å². The Labute approximate surface area is 155 Å². The van der Waals surface area contributed by atoms with Gasteiger partial charge in [0.05, 0.1) is 0 Å². The van der Waals surface area contributed by atoms with E-state index in [-0.39, 0.29) is 17.1 Å². The van der Waals surface area contributed by atoms with Crippen LogP contribution in [0, 0.1) is 0 Å². The second-order valence-corrected chi connectivity index (χ2v) is 6.30. The van der Waals surface area contributed by atoms with E-state index in [0.29, 0.717) is 19.5 Å². The minimum absolute atomic E-state index is 0.224. The Morgan fingerprint density at radius 2 is 1.54 bits per heavy atom. The topological polar surface area (TPSA) is 73.3 Å². The highest BCUT2D eigenvalue weighted by atomic mass is 16.2. The van der Waals surface area contributed by atoms with Crippen LogP contribution in [0.4, 0.5) is 5.82 Å². The minimum atomic E-state index is -0.330. The molecule has 6 nitrogen and oxygen atoms in total. The van der Waals surface area contributed by atoms with Crippen LogP contribution in [0.25, 0.3) is 0 Å². The summed E-state index contributed by atoms with van der Waals surface area (Å²) in [5.41, 5.74) is 7.60. The van der Waals surface area contributed by atoms with Crippen molar-refractivity contribution >= 4 is 5.82 Å². The molecule has 0 aliphatic rings. The van der Waals surface area contributed by atoms with Crippen molar-refractivity contribution in [1.29, 1.82) is 0 Å². The molecule has 144 valence electrons. The molecule has 0 amide bonds. The predicted octanol–water partition coefficient (Wildman–Crippen LogP) is 2.33. The fourth-order valence-electron chi connectivity index (χ4n) is 2.70. The molecule has 0 fully saturated rings. The van der Waals surface area contributed by atoms with E-state index in [1.54, 1.807) is 0 Å². The summed E-state index contributed by atoms with van der Waals surface area (Å²) in [6.07, 6.45) is 1.42. The lowest BCUT2D eigenvalue weighted by molar-refractivity contribution is 0.402. The number of hydrogen-bond donors (Lipinski definition) is 1. The van der Waals surface area contributed by atoms with Gasteiger partial charge in [0.25, 0.3) is 5.56 Å². The number of rotatable bonds is 7. The molecule has 0 spiro atoms. The molecule has 0 aliphatic heterocycles. The molecular weight excluding hydrogens is 328 g/mol. The Balaban J connectivity index is 0.00000163. The molecule has 1 aromatic heterocycles. The summed E-state index contributed by atoms with van der Waals surface area (Å²) in [7, 11) is 4.07. The molecule has 0 bridgehead atoms. The van der Waals surface area contributed by atoms with Crippen LogP contribution >= 0.6 is 0 Å². The Hall–Kier alpha value is -2.34. The van der Waals surface area contributed by atoms with Crippen LogP contribution < -0.4 is 17.0 Å². The van der Waals surface area contributed by atoms with Crippen molar-refractivity contribution in [1.82, 2.24) is 14.0 Å². The largest absolute Gasteiger partial charge is 0.385 e. The van der Waals surface area contributed by atoms with Gasteiger partial charge in [0.1, 0.15) is 5.82 Å². The number of hydrogen-bond acceptors (Lipinski definition) is 4. The lowest BCUT2D eigenvalue weighted by Crippen LogP contribution is -2.40. The number of nitrogens with zero attached hydrogens (tertiary/aromatic N) is 3. The first-order valence-corrected chi connectivity index (χ1v) is 9.25. The van der Waals surface area contributed by atoms with Crippen molar-refractivity contribution in [2.75, 3.05) is 19.8 Å². The highest BCUT2D eigenvalue weighted by molar-refractivity contribution is 5.27. The number of nitrogens with two attached hydrogens (primary N) is 1. The maximum Gasteiger partial charge on any atom is 0.332 e. The van der Waals surface area contributed by atoms with E-state index in [9.17, 15) is 9.59 Å². The van der Waals surface area contributed by atoms with Crippen molar-refractivity contribution in [2.24, 2.45) is 0 Å². The Bertz CT molecular complexity index is 789. The normalized spacial score (nSPS) is 10.5. The van der Waals surface area contributed by atoms with E-state index in [1.807, 2.05) is 34.9 Å². The van der Waals surface area contributed by atoms with Gasteiger partial charge in [-0.05, 0) is 38.1 Å². The summed E-state index contributed by atoms with van der Waals surface area (Å²) in [6, 6.07) is 9.67. The summed E-state index contributed by atoms with van der Waals surface area (Å²) < 4.78 is 2.72. The first-order valence-electron chi connectivity index (χ1n) is 9.25. The fraction of sp³-hybridized carbons (Fsp3) is 0.500. The van der Waals surface area contributed by atoms with Crippen LogP contribution in [0.1, 0.15) is 38.3 Å². The third kappa shape index (κ3) is 5.88. The van der Waals surface area contributed by atoms with Gasteiger partial charge in [-0.25, -0.2) is 4.79 Å². The quantitative estimate of drug-likeness (QED) is 0.822. The molecule has 2 aromatic rings. The third-order valence-electron chi connectivity index (χ3n) is 3.90. The predicted molar refractivity (Wildman–Crippen MR) is 109 cm³/mol. The molecule has 0 saturated carbocycles. The van der Waals surface area contributed by atoms with Crippen LogP contribution in [-0.4, -0.2) is 28.1 Å². The zero-order valence-electron chi connectivity index (χ0n) is 16.7. The Kier molecular flexibility index (Phi) is 8.85. The van der Waals surface area contributed by atoms with Crippen molar-refractivity contribution in [3.63, 3.8) is 0 Å². The van der Waals surface area contributed by atoms with Crippen molar-refractivity contribution < 1.29 is 0 Å². The van der Waals surface area contributed by atoms with E-state index in [4.69, 9.17) is 5.73 Å². The van der Waals surface area contributed by atoms with Crippen molar-refractivity contribution in [2.45, 2.75) is 53.2 Å². The second-order valence-electron chi connectivity index (χ2n) is 6.30. The Morgan fingerprint density at radius 3 is 2.08 bits per heavy atom. The molecule has 26 heavy (non-hydrogen) atoms. The molecule has 1 heterocycles. The zero-order chi connectivity index (χ0) is 19.7. The molecule has 0 atom stereocenters. The third-order valence-corrected chi connectivity index (χ3v) is 3.90. The number of benzene rings is 1. The van der Waals surface area contributed by atoms with Gasteiger partial charge in [-0.2, -0.15) is 0 Å². The molecule has 2 rings (SSSR count). The van der Waals surface area contributed by atoms with Gasteiger partial charge in [-0.3, -0.25) is 13.9 Å². The van der Waals surface area contributed by atoms with E-state index in [0.717, 1.165) is 18.5 Å². The van der Waals surface area contributed by atoms with Crippen LogP contribution in [0.3, 0.4) is 0 Å². The molecule has 0 radical (unpaired) electrons. The smallest absolute Gasteiger partial charge is 0.332 e. The maximum absolute atomic E-state index is 12.4. The van der Waals surface area contributed by atoms with Gasteiger partial charge in [0, 0.05) is 25.7 Å². The van der Waals surface area contributed by atoms with Crippen LogP contribution in [0.15, 0.2) is 39.9 Å². The maximum atomic E-state index is 12.4. The standard InChI is InChI=1S/C18H26N4O2.C2H6/c1-4-10-22-17(23)12-16(19)21(18(22)24)11-9-14-5-7-15(8-6-14)13-20(2)3;1-2/h5-8,12H,4,9-11,13,19H2,1-3H3;1-2H3. The highest BCUT2D eigenvalue weighted by Crippen LogP contribution is 2.08. The molecule has 2 N–H and O–H groups in total. The van der Waals surface area contributed by atoms with Gasteiger partial charge in [0.15, 0.2) is 0 Å². The number of nitrogen functional groups attached to an aromatic ring is 1. The van der Waals surface area contributed by atoms with Crippen LogP contribution in [-0.2, 0) is 26.1 Å². The monoisotopic (exact) mass is 360 g/mol. The average Bonchev–Trinajstić information content (AvgIpc) is 2.61. The van der Waals surface area contributed by atoms with Gasteiger partial charge in [-0.1, -0.05) is 45.0 Å². The van der Waals surface area contributed by atoms with Gasteiger partial charge < -0.3 is 10.6 Å². The number of aryl methyl sites for hydroxylation is 1. The summed E-state index contributed by atoms with van der Waals surface area (Å²) >= 11 is 0. The van der Waals surface area contributed by atoms with Gasteiger partial charge >= 0.3 is 5.69 Å². The lowest BCUT2D eigenvalue weighted by atomic mass is 10.1. The van der Waals surface area contributed by atoms with Gasteiger partial charge in [-0.15, -0.1) is 0 Å². The highest BCUT2D eigenvalue weighted by Gasteiger charge is 2.09. The summed E-state index contributed by atoms with van der Waals surface area (Å²) in [5, 5.41) is 0. The molecule has 1 aromatic carbocycles. The molecule has 0 unspecified atom stereocenters. The Morgan fingerprint density at radius 1 is 0.962 bits per heavy atom. The average molecular weight is 361 g/mol. The second kappa shape index (κ2) is 10.6. The first kappa shape index (κ1) is 21.7. The fourth-order valence-corrected chi connectivity index (χ4v) is 2.70. The summed E-state index contributed by atoms with van der Waals surface area (Å²) in [5.74, 6) is 0.224. The number of anilines is 1. The van der Waals surface area contributed by atoms with Crippen molar-refractivity contribution in [3.8, 4) is 0 Å². The van der Waals surface area contributed by atoms with E-state index >= 15 is 0 Å². The first-order chi connectivity index (χ1) is 12.4. The SMILES string of the molecule is CC.CCCn1c(=O)cc(N)n(CCc2ccc(CN(C)C)cc2)c1=O. The zero-order valence-corrected chi connectivity index (χ0v) is 16.7. The van der Waals surface area contributed by atoms with Crippen LogP contribution in [0.2, 0.25) is 0 Å². The lowest BCUT2D eigenvalue weighted by Gasteiger charge is -2.13.